The third kappa shape index (κ3) is 3.03. The van der Waals surface area contributed by atoms with E-state index in [2.05, 4.69) is 0 Å². The van der Waals surface area contributed by atoms with Crippen molar-refractivity contribution in [2.45, 2.75) is 11.8 Å². The van der Waals surface area contributed by atoms with E-state index in [1.165, 1.54) is 18.4 Å². The summed E-state index contributed by atoms with van der Waals surface area (Å²) in [4.78, 5) is 13.4. The van der Waals surface area contributed by atoms with Crippen LogP contribution in [0.2, 0.25) is 0 Å². The van der Waals surface area contributed by atoms with Gasteiger partial charge in [-0.15, -0.1) is 0 Å². The molecule has 0 bridgehead atoms. The lowest BCUT2D eigenvalue weighted by molar-refractivity contribution is -0.142. The molecule has 6 nitrogen and oxygen atoms in total. The Balaban J connectivity index is 2.20. The summed E-state index contributed by atoms with van der Waals surface area (Å²) in [6.45, 7) is 3.04. The Morgan fingerprint density at radius 1 is 1.24 bits per heavy atom. The van der Waals surface area contributed by atoms with Crippen LogP contribution in [-0.2, 0) is 14.8 Å². The van der Waals surface area contributed by atoms with E-state index in [0.717, 1.165) is 5.69 Å². The van der Waals surface area contributed by atoms with Gasteiger partial charge < -0.3 is 10.0 Å². The number of sulfonamides is 1. The summed E-state index contributed by atoms with van der Waals surface area (Å²) in [7, 11) is -0.454. The first-order valence-corrected chi connectivity index (χ1v) is 8.18. The standard InChI is InChI=1S/C14H20N2O4S/c1-10-8-16(9-13(10)14(17)18)11-4-6-12(7-5-11)21(19,20)15(2)3/h4-7,10,13H,8-9H2,1-3H3,(H,17,18)/t10-,13-/m1/s1. The monoisotopic (exact) mass is 312 g/mol. The number of anilines is 1. The van der Waals surface area contributed by atoms with E-state index in [-0.39, 0.29) is 16.7 Å². The molecule has 1 heterocycles. The normalized spacial score (nSPS) is 22.8. The Morgan fingerprint density at radius 2 is 1.81 bits per heavy atom. The van der Waals surface area contributed by atoms with E-state index in [0.29, 0.717) is 13.1 Å². The number of benzene rings is 1. The Labute approximate surface area is 125 Å². The molecule has 0 aliphatic carbocycles. The Kier molecular flexibility index (Phi) is 4.25. The number of carboxylic acids is 1. The molecule has 2 atom stereocenters. The van der Waals surface area contributed by atoms with Gasteiger partial charge in [0.05, 0.1) is 10.8 Å². The summed E-state index contributed by atoms with van der Waals surface area (Å²) < 4.78 is 25.2. The van der Waals surface area contributed by atoms with Crippen molar-refractivity contribution in [2.75, 3.05) is 32.1 Å². The van der Waals surface area contributed by atoms with Gasteiger partial charge in [0.25, 0.3) is 0 Å². The first-order chi connectivity index (χ1) is 9.73. The molecule has 0 aromatic heterocycles. The van der Waals surface area contributed by atoms with Gasteiger partial charge in [0.1, 0.15) is 0 Å². The minimum atomic E-state index is -3.43. The summed E-state index contributed by atoms with van der Waals surface area (Å²) in [6, 6.07) is 6.58. The second kappa shape index (κ2) is 5.65. The van der Waals surface area contributed by atoms with Crippen molar-refractivity contribution < 1.29 is 18.3 Å². The molecule has 0 amide bonds. The van der Waals surface area contributed by atoms with Gasteiger partial charge >= 0.3 is 5.97 Å². The van der Waals surface area contributed by atoms with Gasteiger partial charge in [0.2, 0.25) is 10.0 Å². The number of nitrogens with zero attached hydrogens (tertiary/aromatic N) is 2. The maximum Gasteiger partial charge on any atom is 0.308 e. The molecule has 116 valence electrons. The second-order valence-corrected chi connectivity index (χ2v) is 7.76. The highest BCUT2D eigenvalue weighted by atomic mass is 32.2. The molecule has 0 saturated carbocycles. The van der Waals surface area contributed by atoms with Crippen LogP contribution in [0.4, 0.5) is 5.69 Å². The zero-order valence-corrected chi connectivity index (χ0v) is 13.2. The number of carboxylic acid groups (broad SMARTS) is 1. The van der Waals surface area contributed by atoms with Gasteiger partial charge in [0, 0.05) is 32.9 Å². The van der Waals surface area contributed by atoms with Crippen LogP contribution in [0, 0.1) is 11.8 Å². The van der Waals surface area contributed by atoms with Crippen molar-refractivity contribution in [1.29, 1.82) is 0 Å². The smallest absolute Gasteiger partial charge is 0.308 e. The van der Waals surface area contributed by atoms with E-state index in [1.54, 1.807) is 24.3 Å². The minimum Gasteiger partial charge on any atom is -0.481 e. The summed E-state index contributed by atoms with van der Waals surface area (Å²) in [5.41, 5.74) is 0.850. The molecule has 21 heavy (non-hydrogen) atoms. The molecule has 0 spiro atoms. The maximum atomic E-state index is 12.0. The predicted molar refractivity (Wildman–Crippen MR) is 79.8 cm³/mol. The quantitative estimate of drug-likeness (QED) is 0.900. The molecule has 1 fully saturated rings. The molecule has 0 radical (unpaired) electrons. The molecule has 2 rings (SSSR count). The van der Waals surface area contributed by atoms with E-state index < -0.39 is 16.0 Å². The van der Waals surface area contributed by atoms with Crippen LogP contribution >= 0.6 is 0 Å². The van der Waals surface area contributed by atoms with Crippen LogP contribution in [0.3, 0.4) is 0 Å². The summed E-state index contributed by atoms with van der Waals surface area (Å²) in [5, 5.41) is 9.15. The SMILES string of the molecule is C[C@@H]1CN(c2ccc(S(=O)(=O)N(C)C)cc2)C[C@H]1C(=O)O. The molecular weight excluding hydrogens is 292 g/mol. The Morgan fingerprint density at radius 3 is 2.24 bits per heavy atom. The van der Waals surface area contributed by atoms with Crippen LogP contribution in [-0.4, -0.2) is 51.0 Å². The fourth-order valence-electron chi connectivity index (χ4n) is 2.54. The average molecular weight is 312 g/mol. The third-order valence-electron chi connectivity index (χ3n) is 3.91. The zero-order chi connectivity index (χ0) is 15.8. The van der Waals surface area contributed by atoms with Gasteiger partial charge in [-0.05, 0) is 30.2 Å². The highest BCUT2D eigenvalue weighted by molar-refractivity contribution is 7.89. The number of hydrogen-bond acceptors (Lipinski definition) is 4. The topological polar surface area (TPSA) is 77.9 Å². The second-order valence-electron chi connectivity index (χ2n) is 5.61. The lowest BCUT2D eigenvalue weighted by Gasteiger charge is -2.19. The first kappa shape index (κ1) is 15.8. The van der Waals surface area contributed by atoms with Gasteiger partial charge in [-0.1, -0.05) is 6.92 Å². The van der Waals surface area contributed by atoms with Crippen molar-refractivity contribution in [3.63, 3.8) is 0 Å². The van der Waals surface area contributed by atoms with E-state index in [9.17, 15) is 13.2 Å². The van der Waals surface area contributed by atoms with E-state index in [4.69, 9.17) is 5.11 Å². The van der Waals surface area contributed by atoms with Crippen molar-refractivity contribution in [3.8, 4) is 0 Å². The fourth-order valence-corrected chi connectivity index (χ4v) is 3.44. The molecule has 1 aliphatic heterocycles. The number of hydrogen-bond donors (Lipinski definition) is 1. The van der Waals surface area contributed by atoms with Crippen molar-refractivity contribution >= 4 is 21.7 Å². The van der Waals surface area contributed by atoms with Gasteiger partial charge in [-0.25, -0.2) is 12.7 Å². The molecule has 1 saturated heterocycles. The van der Waals surface area contributed by atoms with Crippen LogP contribution in [0.15, 0.2) is 29.2 Å². The summed E-state index contributed by atoms with van der Waals surface area (Å²) in [6.07, 6.45) is 0. The Hall–Kier alpha value is -1.60. The average Bonchev–Trinajstić information content (AvgIpc) is 2.81. The third-order valence-corrected chi connectivity index (χ3v) is 5.74. The molecule has 1 aliphatic rings. The minimum absolute atomic E-state index is 0.0766. The lowest BCUT2D eigenvalue weighted by atomic mass is 9.99. The number of carbonyl (C=O) groups is 1. The molecule has 1 aromatic rings. The van der Waals surface area contributed by atoms with E-state index >= 15 is 0 Å². The van der Waals surface area contributed by atoms with E-state index in [1.807, 2.05) is 11.8 Å². The molecule has 1 aromatic carbocycles. The highest BCUT2D eigenvalue weighted by Crippen LogP contribution is 2.29. The summed E-state index contributed by atoms with van der Waals surface area (Å²) in [5.74, 6) is -1.08. The van der Waals surface area contributed by atoms with Crippen LogP contribution in [0.1, 0.15) is 6.92 Å². The number of rotatable bonds is 4. The largest absolute Gasteiger partial charge is 0.481 e. The van der Waals surface area contributed by atoms with Crippen molar-refractivity contribution in [2.24, 2.45) is 11.8 Å². The molecule has 0 unspecified atom stereocenters. The predicted octanol–water partition coefficient (Wildman–Crippen LogP) is 1.09. The van der Waals surface area contributed by atoms with Crippen LogP contribution in [0.25, 0.3) is 0 Å². The first-order valence-electron chi connectivity index (χ1n) is 6.74. The van der Waals surface area contributed by atoms with Crippen LogP contribution in [0.5, 0.6) is 0 Å². The van der Waals surface area contributed by atoms with Gasteiger partial charge in [-0.3, -0.25) is 4.79 Å². The maximum absolute atomic E-state index is 12.0. The molecular formula is C14H20N2O4S. The van der Waals surface area contributed by atoms with Crippen molar-refractivity contribution in [3.05, 3.63) is 24.3 Å². The zero-order valence-electron chi connectivity index (χ0n) is 12.4. The fraction of sp³-hybridized carbons (Fsp3) is 0.500. The lowest BCUT2D eigenvalue weighted by Crippen LogP contribution is -2.24. The van der Waals surface area contributed by atoms with Gasteiger partial charge in [0.15, 0.2) is 0 Å². The number of aliphatic carboxylic acids is 1. The Bertz CT molecular complexity index is 625. The van der Waals surface area contributed by atoms with Crippen molar-refractivity contribution in [1.82, 2.24) is 4.31 Å². The summed E-state index contributed by atoms with van der Waals surface area (Å²) >= 11 is 0. The molecule has 1 N–H and O–H groups in total. The van der Waals surface area contributed by atoms with Crippen LogP contribution < -0.4 is 4.90 Å². The van der Waals surface area contributed by atoms with Gasteiger partial charge in [-0.2, -0.15) is 0 Å². The molecule has 7 heteroatoms. The highest BCUT2D eigenvalue weighted by Gasteiger charge is 2.34.